The average molecular weight is 568 g/mol. The van der Waals surface area contributed by atoms with E-state index in [0.717, 1.165) is 77.7 Å². The first-order valence-corrected chi connectivity index (χ1v) is 11.9. The lowest BCUT2D eigenvalue weighted by Crippen LogP contribution is -2.52. The number of hydrogen-bond donors (Lipinski definition) is 2. The van der Waals surface area contributed by atoms with E-state index >= 15 is 0 Å². The second-order valence-corrected chi connectivity index (χ2v) is 10.1. The number of nitrogens with zero attached hydrogens (tertiary/aromatic N) is 3. The van der Waals surface area contributed by atoms with Gasteiger partial charge in [-0.2, -0.15) is 0 Å². The standard InChI is InChI=1S/C23H45N5O3.HI/c1-18(2)20(27-12-14-30-15-13-27)16-26-21(24-6)25-10-9-19-8-7-11-28(17-19)22(29)31-23(3,4)5;/h18-20H,7-17H2,1-6H3,(H2,24,25,26);1H. The number of guanidine groups is 1. The molecule has 0 spiro atoms. The van der Waals surface area contributed by atoms with Gasteiger partial charge in [0.25, 0.3) is 0 Å². The van der Waals surface area contributed by atoms with Gasteiger partial charge in [-0.1, -0.05) is 13.8 Å². The smallest absolute Gasteiger partial charge is 0.410 e. The van der Waals surface area contributed by atoms with Crippen molar-refractivity contribution in [2.24, 2.45) is 16.8 Å². The number of carbonyl (C=O) groups excluding carboxylic acids is 1. The number of halogens is 1. The maximum atomic E-state index is 12.4. The van der Waals surface area contributed by atoms with Crippen LogP contribution in [-0.4, -0.2) is 93.0 Å². The van der Waals surface area contributed by atoms with Crippen LogP contribution in [0, 0.1) is 11.8 Å². The minimum atomic E-state index is -0.446. The zero-order chi connectivity index (χ0) is 22.9. The molecule has 2 atom stereocenters. The van der Waals surface area contributed by atoms with Gasteiger partial charge in [-0.25, -0.2) is 4.79 Å². The summed E-state index contributed by atoms with van der Waals surface area (Å²) in [5, 5.41) is 6.97. The summed E-state index contributed by atoms with van der Waals surface area (Å²) in [4.78, 5) is 21.1. The number of carbonyl (C=O) groups is 1. The molecule has 0 aromatic carbocycles. The van der Waals surface area contributed by atoms with E-state index in [1.54, 1.807) is 0 Å². The summed E-state index contributed by atoms with van der Waals surface area (Å²) < 4.78 is 11.0. The van der Waals surface area contributed by atoms with Crippen molar-refractivity contribution < 1.29 is 14.3 Å². The van der Waals surface area contributed by atoms with Gasteiger partial charge in [-0.3, -0.25) is 9.89 Å². The number of amides is 1. The molecule has 2 N–H and O–H groups in total. The highest BCUT2D eigenvalue weighted by Crippen LogP contribution is 2.21. The molecule has 0 aromatic heterocycles. The molecule has 1 amide bonds. The van der Waals surface area contributed by atoms with Gasteiger partial charge in [-0.05, 0) is 51.9 Å². The molecule has 0 bridgehead atoms. The van der Waals surface area contributed by atoms with E-state index in [-0.39, 0.29) is 30.1 Å². The molecule has 0 aromatic rings. The summed E-state index contributed by atoms with van der Waals surface area (Å²) >= 11 is 0. The Balaban J connectivity index is 0.00000512. The zero-order valence-corrected chi connectivity index (χ0v) is 23.3. The Kier molecular flexibility index (Phi) is 13.2. The van der Waals surface area contributed by atoms with Gasteiger partial charge < -0.3 is 25.0 Å². The third kappa shape index (κ3) is 10.4. The fourth-order valence-corrected chi connectivity index (χ4v) is 4.31. The van der Waals surface area contributed by atoms with E-state index in [1.807, 2.05) is 32.7 Å². The first-order chi connectivity index (χ1) is 14.7. The molecule has 2 aliphatic rings. The topological polar surface area (TPSA) is 78.4 Å². The average Bonchev–Trinajstić information content (AvgIpc) is 2.72. The lowest BCUT2D eigenvalue weighted by Gasteiger charge is -2.37. The Hall–Kier alpha value is -0.810. The summed E-state index contributed by atoms with van der Waals surface area (Å²) in [6.45, 7) is 17.2. The van der Waals surface area contributed by atoms with E-state index in [9.17, 15) is 4.79 Å². The second kappa shape index (κ2) is 14.5. The van der Waals surface area contributed by atoms with Crippen molar-refractivity contribution in [1.82, 2.24) is 20.4 Å². The number of rotatable bonds is 7. The summed E-state index contributed by atoms with van der Waals surface area (Å²) in [5.41, 5.74) is -0.446. The predicted octanol–water partition coefficient (Wildman–Crippen LogP) is 3.16. The Bertz CT molecular complexity index is 576. The fourth-order valence-electron chi connectivity index (χ4n) is 4.31. The molecule has 0 aliphatic carbocycles. The normalized spacial score (nSPS) is 21.7. The van der Waals surface area contributed by atoms with E-state index < -0.39 is 5.60 Å². The Morgan fingerprint density at radius 3 is 2.47 bits per heavy atom. The van der Waals surface area contributed by atoms with Gasteiger partial charge >= 0.3 is 6.09 Å². The summed E-state index contributed by atoms with van der Waals surface area (Å²) in [6.07, 6.45) is 3.01. The molecule has 188 valence electrons. The molecule has 9 heteroatoms. The second-order valence-electron chi connectivity index (χ2n) is 10.1. The van der Waals surface area contributed by atoms with Crippen LogP contribution in [0.2, 0.25) is 0 Å². The zero-order valence-electron chi connectivity index (χ0n) is 21.0. The van der Waals surface area contributed by atoms with E-state index in [4.69, 9.17) is 9.47 Å². The molecule has 2 saturated heterocycles. The highest BCUT2D eigenvalue weighted by Gasteiger charge is 2.27. The van der Waals surface area contributed by atoms with Crippen LogP contribution >= 0.6 is 24.0 Å². The van der Waals surface area contributed by atoms with Crippen molar-refractivity contribution in [3.63, 3.8) is 0 Å². The fraction of sp³-hybridized carbons (Fsp3) is 0.913. The molecule has 2 heterocycles. The lowest BCUT2D eigenvalue weighted by atomic mass is 9.95. The first-order valence-electron chi connectivity index (χ1n) is 11.9. The lowest BCUT2D eigenvalue weighted by molar-refractivity contribution is 0.00750. The van der Waals surface area contributed by atoms with Gasteiger partial charge in [-0.15, -0.1) is 24.0 Å². The van der Waals surface area contributed by atoms with Gasteiger partial charge in [0.15, 0.2) is 5.96 Å². The molecule has 2 unspecified atom stereocenters. The van der Waals surface area contributed by atoms with E-state index in [2.05, 4.69) is 34.4 Å². The number of likely N-dealkylation sites (tertiary alicyclic amines) is 1. The van der Waals surface area contributed by atoms with Crippen molar-refractivity contribution in [3.05, 3.63) is 0 Å². The van der Waals surface area contributed by atoms with Crippen molar-refractivity contribution >= 4 is 36.0 Å². The van der Waals surface area contributed by atoms with Gasteiger partial charge in [0.1, 0.15) is 5.60 Å². The van der Waals surface area contributed by atoms with Crippen molar-refractivity contribution in [2.75, 3.05) is 59.5 Å². The van der Waals surface area contributed by atoms with Crippen LogP contribution in [0.1, 0.15) is 53.9 Å². The van der Waals surface area contributed by atoms with Crippen LogP contribution < -0.4 is 10.6 Å². The number of morpholine rings is 1. The molecule has 2 aliphatic heterocycles. The summed E-state index contributed by atoms with van der Waals surface area (Å²) in [6, 6.07) is 0.461. The van der Waals surface area contributed by atoms with Gasteiger partial charge in [0.05, 0.1) is 13.2 Å². The quantitative estimate of drug-likeness (QED) is 0.280. The summed E-state index contributed by atoms with van der Waals surface area (Å²) in [7, 11) is 1.82. The van der Waals surface area contributed by atoms with Crippen LogP contribution in [0.5, 0.6) is 0 Å². The maximum absolute atomic E-state index is 12.4. The number of hydrogen-bond acceptors (Lipinski definition) is 5. The largest absolute Gasteiger partial charge is 0.444 e. The van der Waals surface area contributed by atoms with Gasteiger partial charge in [0, 0.05) is 52.4 Å². The number of piperidine rings is 1. The number of nitrogens with one attached hydrogen (secondary N) is 2. The highest BCUT2D eigenvalue weighted by atomic mass is 127. The predicted molar refractivity (Wildman–Crippen MR) is 141 cm³/mol. The maximum Gasteiger partial charge on any atom is 0.410 e. The van der Waals surface area contributed by atoms with E-state index in [1.165, 1.54) is 0 Å². The molecule has 8 nitrogen and oxygen atoms in total. The minimum absolute atomic E-state index is 0. The molecular weight excluding hydrogens is 521 g/mol. The van der Waals surface area contributed by atoms with Crippen LogP contribution in [0.4, 0.5) is 4.79 Å². The monoisotopic (exact) mass is 567 g/mol. The number of ether oxygens (including phenoxy) is 2. The third-order valence-corrected chi connectivity index (χ3v) is 6.00. The molecule has 2 fully saturated rings. The first kappa shape index (κ1) is 29.2. The van der Waals surface area contributed by atoms with Crippen LogP contribution in [-0.2, 0) is 9.47 Å². The molecule has 0 saturated carbocycles. The molecule has 32 heavy (non-hydrogen) atoms. The number of aliphatic imine (C=N–C) groups is 1. The molecule has 2 rings (SSSR count). The van der Waals surface area contributed by atoms with Crippen molar-refractivity contribution in [2.45, 2.75) is 65.5 Å². The van der Waals surface area contributed by atoms with Crippen LogP contribution in [0.15, 0.2) is 4.99 Å². The SMILES string of the molecule is CN=C(NCCC1CCCN(C(=O)OC(C)(C)C)C1)NCC(C(C)C)N1CCOCC1.I. The Morgan fingerprint density at radius 2 is 1.88 bits per heavy atom. The highest BCUT2D eigenvalue weighted by molar-refractivity contribution is 14.0. The van der Waals surface area contributed by atoms with E-state index in [0.29, 0.717) is 17.9 Å². The van der Waals surface area contributed by atoms with Crippen molar-refractivity contribution in [1.29, 1.82) is 0 Å². The Labute approximate surface area is 212 Å². The van der Waals surface area contributed by atoms with Gasteiger partial charge in [0.2, 0.25) is 0 Å². The molecular formula is C23H46IN5O3. The van der Waals surface area contributed by atoms with Crippen LogP contribution in [0.3, 0.4) is 0 Å². The minimum Gasteiger partial charge on any atom is -0.444 e. The summed E-state index contributed by atoms with van der Waals surface area (Å²) in [5.74, 6) is 1.90. The Morgan fingerprint density at radius 1 is 1.19 bits per heavy atom. The molecule has 0 radical (unpaired) electrons. The third-order valence-electron chi connectivity index (χ3n) is 6.00. The van der Waals surface area contributed by atoms with Crippen molar-refractivity contribution in [3.8, 4) is 0 Å². The van der Waals surface area contributed by atoms with Crippen LogP contribution in [0.25, 0.3) is 0 Å².